The standard InChI is InChI=1S/C24H29N3O2.C2H4/c1-25-23(28)20-10-6-18(7-11-20)19-8-12-21(13-9-19)24(29)27-16-4-5-22(27)17-26-14-2-3-15-26;1-2/h6-13,22H,2-5,14-17H2,1H3,(H,25,28);1-2H2/t22-;/m0./s1. The molecule has 0 spiro atoms. The number of amides is 2. The van der Waals surface area contributed by atoms with Gasteiger partial charge in [-0.1, -0.05) is 24.3 Å². The van der Waals surface area contributed by atoms with Crippen molar-refractivity contribution in [2.24, 2.45) is 0 Å². The maximum atomic E-state index is 13.1. The lowest BCUT2D eigenvalue weighted by molar-refractivity contribution is 0.0708. The molecule has 5 heteroatoms. The van der Waals surface area contributed by atoms with Crippen LogP contribution in [-0.2, 0) is 0 Å². The Morgan fingerprint density at radius 1 is 0.871 bits per heavy atom. The van der Waals surface area contributed by atoms with Gasteiger partial charge in [-0.15, -0.1) is 13.2 Å². The molecule has 164 valence electrons. The van der Waals surface area contributed by atoms with Crippen LogP contribution in [0.25, 0.3) is 11.1 Å². The number of hydrogen-bond donors (Lipinski definition) is 1. The molecule has 31 heavy (non-hydrogen) atoms. The highest BCUT2D eigenvalue weighted by Crippen LogP contribution is 2.25. The summed E-state index contributed by atoms with van der Waals surface area (Å²) >= 11 is 0. The summed E-state index contributed by atoms with van der Waals surface area (Å²) < 4.78 is 0. The van der Waals surface area contributed by atoms with Crippen LogP contribution in [0.2, 0.25) is 0 Å². The summed E-state index contributed by atoms with van der Waals surface area (Å²) in [5.74, 6) is 0.0554. The molecule has 2 fully saturated rings. The topological polar surface area (TPSA) is 52.7 Å². The van der Waals surface area contributed by atoms with Crippen LogP contribution in [0.3, 0.4) is 0 Å². The molecule has 0 aromatic heterocycles. The molecule has 2 aromatic carbocycles. The lowest BCUT2D eigenvalue weighted by atomic mass is 10.0. The Morgan fingerprint density at radius 3 is 1.97 bits per heavy atom. The molecule has 1 atom stereocenters. The van der Waals surface area contributed by atoms with Gasteiger partial charge in [0.1, 0.15) is 0 Å². The SMILES string of the molecule is C=C.CNC(=O)c1ccc(-c2ccc(C(=O)N3CCC[C@H]3CN3CCCC3)cc2)cc1. The van der Waals surface area contributed by atoms with Gasteiger partial charge in [0.25, 0.3) is 11.8 Å². The summed E-state index contributed by atoms with van der Waals surface area (Å²) in [6, 6.07) is 15.7. The fraction of sp³-hybridized carbons (Fsp3) is 0.385. The van der Waals surface area contributed by atoms with E-state index < -0.39 is 0 Å². The maximum absolute atomic E-state index is 13.1. The van der Waals surface area contributed by atoms with E-state index in [1.165, 1.54) is 25.9 Å². The zero-order valence-electron chi connectivity index (χ0n) is 18.5. The van der Waals surface area contributed by atoms with Gasteiger partial charge in [-0.2, -0.15) is 0 Å². The van der Waals surface area contributed by atoms with E-state index in [0.717, 1.165) is 42.6 Å². The molecule has 2 aromatic rings. The predicted octanol–water partition coefficient (Wildman–Crippen LogP) is 4.22. The summed E-state index contributed by atoms with van der Waals surface area (Å²) in [6.45, 7) is 10.2. The van der Waals surface area contributed by atoms with Crippen LogP contribution < -0.4 is 5.32 Å². The van der Waals surface area contributed by atoms with E-state index >= 15 is 0 Å². The molecule has 5 nitrogen and oxygen atoms in total. The smallest absolute Gasteiger partial charge is 0.254 e. The predicted molar refractivity (Wildman–Crippen MR) is 126 cm³/mol. The average molecular weight is 420 g/mol. The second kappa shape index (κ2) is 10.9. The van der Waals surface area contributed by atoms with Crippen molar-refractivity contribution in [3.63, 3.8) is 0 Å². The average Bonchev–Trinajstić information content (AvgIpc) is 3.52. The first-order valence-corrected chi connectivity index (χ1v) is 11.1. The summed E-state index contributed by atoms with van der Waals surface area (Å²) in [4.78, 5) is 29.4. The Morgan fingerprint density at radius 2 is 1.42 bits per heavy atom. The zero-order chi connectivity index (χ0) is 22.2. The molecule has 2 heterocycles. The molecule has 0 aliphatic carbocycles. The van der Waals surface area contributed by atoms with Gasteiger partial charge in [0.2, 0.25) is 0 Å². The zero-order valence-corrected chi connectivity index (χ0v) is 18.5. The van der Waals surface area contributed by atoms with E-state index in [-0.39, 0.29) is 11.8 Å². The number of carbonyl (C=O) groups excluding carboxylic acids is 2. The summed E-state index contributed by atoms with van der Waals surface area (Å²) in [5, 5.41) is 2.63. The van der Waals surface area contributed by atoms with Crippen molar-refractivity contribution in [3.8, 4) is 11.1 Å². The van der Waals surface area contributed by atoms with E-state index in [2.05, 4.69) is 28.3 Å². The van der Waals surface area contributed by atoms with Gasteiger partial charge in [-0.05, 0) is 74.2 Å². The van der Waals surface area contributed by atoms with Crippen LogP contribution in [0.5, 0.6) is 0 Å². The molecular formula is C26H33N3O2. The highest BCUT2D eigenvalue weighted by molar-refractivity contribution is 5.96. The second-order valence-corrected chi connectivity index (χ2v) is 8.04. The number of likely N-dealkylation sites (tertiary alicyclic amines) is 2. The van der Waals surface area contributed by atoms with Crippen molar-refractivity contribution >= 4 is 11.8 Å². The van der Waals surface area contributed by atoms with Crippen molar-refractivity contribution in [1.82, 2.24) is 15.1 Å². The van der Waals surface area contributed by atoms with Crippen molar-refractivity contribution in [2.45, 2.75) is 31.7 Å². The van der Waals surface area contributed by atoms with Crippen LogP contribution in [0, 0.1) is 0 Å². The van der Waals surface area contributed by atoms with Gasteiger partial charge in [0.05, 0.1) is 0 Å². The number of nitrogens with zero attached hydrogens (tertiary/aromatic N) is 2. The van der Waals surface area contributed by atoms with Gasteiger partial charge >= 0.3 is 0 Å². The first kappa shape index (κ1) is 22.8. The first-order chi connectivity index (χ1) is 15.2. The van der Waals surface area contributed by atoms with Crippen LogP contribution in [0.1, 0.15) is 46.4 Å². The summed E-state index contributed by atoms with van der Waals surface area (Å²) in [7, 11) is 1.63. The number of rotatable bonds is 5. The molecule has 2 saturated heterocycles. The molecule has 2 amide bonds. The quantitative estimate of drug-likeness (QED) is 0.739. The fourth-order valence-corrected chi connectivity index (χ4v) is 4.49. The second-order valence-electron chi connectivity index (χ2n) is 8.04. The molecule has 2 aliphatic heterocycles. The Balaban J connectivity index is 0.00000132. The van der Waals surface area contributed by atoms with Gasteiger partial charge in [-0.25, -0.2) is 0 Å². The van der Waals surface area contributed by atoms with Crippen molar-refractivity contribution in [1.29, 1.82) is 0 Å². The Bertz CT molecular complexity index is 871. The van der Waals surface area contributed by atoms with Gasteiger partial charge in [-0.3, -0.25) is 9.59 Å². The molecule has 0 radical (unpaired) electrons. The van der Waals surface area contributed by atoms with Crippen molar-refractivity contribution < 1.29 is 9.59 Å². The highest BCUT2D eigenvalue weighted by atomic mass is 16.2. The fourth-order valence-electron chi connectivity index (χ4n) is 4.49. The lowest BCUT2D eigenvalue weighted by Gasteiger charge is -2.28. The number of nitrogens with one attached hydrogen (secondary N) is 1. The van der Waals surface area contributed by atoms with Gasteiger partial charge in [0.15, 0.2) is 0 Å². The minimum atomic E-state index is -0.0911. The third kappa shape index (κ3) is 5.42. The van der Waals surface area contributed by atoms with Gasteiger partial charge in [0, 0.05) is 37.3 Å². The Hall–Kier alpha value is -2.92. The largest absolute Gasteiger partial charge is 0.355 e. The van der Waals surface area contributed by atoms with Crippen LogP contribution >= 0.6 is 0 Å². The molecule has 0 saturated carbocycles. The Labute approximate surface area is 185 Å². The van der Waals surface area contributed by atoms with Gasteiger partial charge < -0.3 is 15.1 Å². The molecular weight excluding hydrogens is 386 g/mol. The number of benzene rings is 2. The minimum absolute atomic E-state index is 0.0911. The van der Waals surface area contributed by atoms with E-state index in [0.29, 0.717) is 11.6 Å². The number of hydrogen-bond acceptors (Lipinski definition) is 3. The molecule has 0 bridgehead atoms. The van der Waals surface area contributed by atoms with Crippen LogP contribution in [0.4, 0.5) is 0 Å². The molecule has 0 unspecified atom stereocenters. The van der Waals surface area contributed by atoms with E-state index in [1.807, 2.05) is 48.5 Å². The third-order valence-electron chi connectivity index (χ3n) is 6.14. The third-order valence-corrected chi connectivity index (χ3v) is 6.14. The van der Waals surface area contributed by atoms with Crippen LogP contribution in [0.15, 0.2) is 61.7 Å². The van der Waals surface area contributed by atoms with Crippen LogP contribution in [-0.4, -0.2) is 60.9 Å². The van der Waals surface area contributed by atoms with Crippen molar-refractivity contribution in [3.05, 3.63) is 72.8 Å². The molecule has 2 aliphatic rings. The van der Waals surface area contributed by atoms with Crippen molar-refractivity contribution in [2.75, 3.05) is 33.2 Å². The lowest BCUT2D eigenvalue weighted by Crippen LogP contribution is -2.42. The monoisotopic (exact) mass is 419 g/mol. The van der Waals surface area contributed by atoms with E-state index in [4.69, 9.17) is 0 Å². The molecule has 1 N–H and O–H groups in total. The Kier molecular flexibility index (Phi) is 8.01. The normalized spacial score (nSPS) is 18.4. The maximum Gasteiger partial charge on any atom is 0.254 e. The summed E-state index contributed by atoms with van der Waals surface area (Å²) in [6.07, 6.45) is 4.77. The van der Waals surface area contributed by atoms with E-state index in [9.17, 15) is 9.59 Å². The summed E-state index contributed by atoms with van der Waals surface area (Å²) in [5.41, 5.74) is 3.47. The minimum Gasteiger partial charge on any atom is -0.355 e. The highest BCUT2D eigenvalue weighted by Gasteiger charge is 2.31. The first-order valence-electron chi connectivity index (χ1n) is 11.1. The van der Waals surface area contributed by atoms with E-state index in [1.54, 1.807) is 7.05 Å². The molecule has 4 rings (SSSR count). The number of carbonyl (C=O) groups is 2.